The number of benzene rings is 1. The molecule has 9 heteroatoms. The third-order valence-corrected chi connectivity index (χ3v) is 5.01. The molecule has 1 aromatic carbocycles. The maximum absolute atomic E-state index is 12.7. The third-order valence-electron chi connectivity index (χ3n) is 4.39. The number of halogens is 2. The molecule has 0 atom stereocenters. The van der Waals surface area contributed by atoms with Gasteiger partial charge in [-0.15, -0.1) is 0 Å². The number of fused-ring (bicyclic) bond motifs is 1. The van der Waals surface area contributed by atoms with Crippen LogP contribution in [0.1, 0.15) is 29.9 Å². The van der Waals surface area contributed by atoms with E-state index in [1.807, 2.05) is 31.8 Å². The fourth-order valence-electron chi connectivity index (χ4n) is 3.09. The Hall–Kier alpha value is -1.17. The quantitative estimate of drug-likeness (QED) is 0.213. The van der Waals surface area contributed by atoms with E-state index in [1.54, 1.807) is 13.0 Å². The number of aromatic nitrogens is 1. The minimum atomic E-state index is -0.440. The molecule has 0 fully saturated rings. The summed E-state index contributed by atoms with van der Waals surface area (Å²) in [6.07, 6.45) is 0. The number of aliphatic hydroxyl groups excluding tert-OH is 1. The van der Waals surface area contributed by atoms with Crippen LogP contribution in [-0.4, -0.2) is 59.9 Å². The maximum atomic E-state index is 12.7. The Kier molecular flexibility index (Phi) is 8.92. The number of nitrogens with zero attached hydrogens (tertiary/aromatic N) is 2. The lowest BCUT2D eigenvalue weighted by Crippen LogP contribution is -3.00. The highest BCUT2D eigenvalue weighted by atomic mass is 127. The van der Waals surface area contributed by atoms with Gasteiger partial charge in [0.2, 0.25) is 0 Å². The van der Waals surface area contributed by atoms with Crippen molar-refractivity contribution in [3.8, 4) is 5.75 Å². The molecule has 0 amide bonds. The van der Waals surface area contributed by atoms with Gasteiger partial charge in [0, 0.05) is 19.4 Å². The summed E-state index contributed by atoms with van der Waals surface area (Å²) in [5.41, 5.74) is 2.08. The van der Waals surface area contributed by atoms with Crippen molar-refractivity contribution in [2.45, 2.75) is 20.4 Å². The molecule has 2 aromatic rings. The van der Waals surface area contributed by atoms with Crippen LogP contribution in [0.15, 0.2) is 16.6 Å². The first-order valence-electron chi connectivity index (χ1n) is 8.70. The number of ether oxygens (including phenoxy) is 2. The van der Waals surface area contributed by atoms with Crippen molar-refractivity contribution in [2.75, 3.05) is 33.9 Å². The Morgan fingerprint density at radius 1 is 1.29 bits per heavy atom. The van der Waals surface area contributed by atoms with Crippen LogP contribution in [0, 0.1) is 0 Å². The lowest BCUT2D eigenvalue weighted by molar-refractivity contribution is -0.904. The van der Waals surface area contributed by atoms with Crippen LogP contribution in [0.3, 0.4) is 0 Å². The smallest absolute Gasteiger partial charge is 0.340 e. The van der Waals surface area contributed by atoms with Gasteiger partial charge in [-0.1, -0.05) is 0 Å². The average molecular weight is 569 g/mol. The first kappa shape index (κ1) is 24.9. The summed E-state index contributed by atoms with van der Waals surface area (Å²) in [7, 11) is 5.86. The van der Waals surface area contributed by atoms with Gasteiger partial charge in [-0.25, -0.2) is 4.79 Å². The van der Waals surface area contributed by atoms with E-state index in [1.165, 1.54) is 6.92 Å². The average Bonchev–Trinajstić information content (AvgIpc) is 2.79. The Morgan fingerprint density at radius 2 is 1.93 bits per heavy atom. The third kappa shape index (κ3) is 5.46. The number of rotatable bonds is 7. The van der Waals surface area contributed by atoms with E-state index in [2.05, 4.69) is 15.9 Å². The zero-order valence-electron chi connectivity index (χ0n) is 16.7. The topological polar surface area (TPSA) is 77.8 Å². The van der Waals surface area contributed by atoms with Gasteiger partial charge in [0.25, 0.3) is 0 Å². The van der Waals surface area contributed by atoms with E-state index in [0.717, 1.165) is 11.2 Å². The maximum Gasteiger partial charge on any atom is 0.340 e. The second-order valence-corrected chi connectivity index (χ2v) is 7.89. The highest BCUT2D eigenvalue weighted by molar-refractivity contribution is 9.10. The molecule has 0 unspecified atom stereocenters. The number of quaternary nitrogens is 1. The Bertz CT molecular complexity index is 879. The summed E-state index contributed by atoms with van der Waals surface area (Å²) >= 11 is 3.42. The molecular formula is C19H26BrIN2O5. The predicted molar refractivity (Wildman–Crippen MR) is 106 cm³/mol. The van der Waals surface area contributed by atoms with Crippen LogP contribution >= 0.6 is 15.9 Å². The summed E-state index contributed by atoms with van der Waals surface area (Å²) in [5, 5.41) is 10.0. The van der Waals surface area contributed by atoms with Gasteiger partial charge in [0.05, 0.1) is 48.6 Å². The number of esters is 2. The molecule has 0 saturated carbocycles. The molecule has 0 radical (unpaired) electrons. The molecule has 0 aliphatic rings. The van der Waals surface area contributed by atoms with Gasteiger partial charge in [0.15, 0.2) is 0 Å². The normalized spacial score (nSPS) is 11.2. The SMILES string of the molecule is CCOC(=O)c1c(C[N+](C)(C)CCO)n(C)c2cc(Br)c(OC(C)=O)cc12.[I-]. The molecule has 2 rings (SSSR count). The van der Waals surface area contributed by atoms with Crippen LogP contribution in [0.25, 0.3) is 10.9 Å². The van der Waals surface area contributed by atoms with Crippen molar-refractivity contribution < 1.29 is 52.6 Å². The Balaban J connectivity index is 0.00000392. The second-order valence-electron chi connectivity index (χ2n) is 7.04. The number of aliphatic hydroxyl groups is 1. The first-order chi connectivity index (χ1) is 12.6. The summed E-state index contributed by atoms with van der Waals surface area (Å²) in [6, 6.07) is 3.51. The Labute approximate surface area is 190 Å². The predicted octanol–water partition coefficient (Wildman–Crippen LogP) is -0.384. The molecule has 7 nitrogen and oxygen atoms in total. The van der Waals surface area contributed by atoms with Gasteiger partial charge in [-0.2, -0.15) is 0 Å². The monoisotopic (exact) mass is 568 g/mol. The summed E-state index contributed by atoms with van der Waals surface area (Å²) in [4.78, 5) is 24.1. The summed E-state index contributed by atoms with van der Waals surface area (Å²) in [5.74, 6) is -0.510. The lowest BCUT2D eigenvalue weighted by Gasteiger charge is -2.29. The number of aryl methyl sites for hydroxylation is 1. The summed E-state index contributed by atoms with van der Waals surface area (Å²) < 4.78 is 13.6. The van der Waals surface area contributed by atoms with Gasteiger partial charge in [0.1, 0.15) is 18.8 Å². The molecule has 0 saturated heterocycles. The van der Waals surface area contributed by atoms with Crippen LogP contribution in [0.4, 0.5) is 0 Å². The molecule has 1 heterocycles. The molecule has 28 heavy (non-hydrogen) atoms. The number of carbonyl (C=O) groups is 2. The van der Waals surface area contributed by atoms with E-state index >= 15 is 0 Å². The molecule has 156 valence electrons. The minimum Gasteiger partial charge on any atom is -1.00 e. The zero-order chi connectivity index (χ0) is 20.4. The molecule has 1 aromatic heterocycles. The van der Waals surface area contributed by atoms with Crippen molar-refractivity contribution in [1.82, 2.24) is 4.57 Å². The second kappa shape index (κ2) is 10.0. The van der Waals surface area contributed by atoms with Gasteiger partial charge in [-0.3, -0.25) is 4.79 Å². The van der Waals surface area contributed by atoms with Gasteiger partial charge in [-0.05, 0) is 35.0 Å². The van der Waals surface area contributed by atoms with Crippen LogP contribution < -0.4 is 28.7 Å². The number of hydrogen-bond acceptors (Lipinski definition) is 5. The highest BCUT2D eigenvalue weighted by Gasteiger charge is 2.28. The molecule has 0 aliphatic carbocycles. The largest absolute Gasteiger partial charge is 1.00 e. The first-order valence-corrected chi connectivity index (χ1v) is 9.49. The lowest BCUT2D eigenvalue weighted by atomic mass is 10.1. The standard InChI is InChI=1S/C19H26BrN2O5.HI/c1-6-26-19(25)18-13-9-17(27-12(2)24)14(20)10-15(13)21(3)16(18)11-22(4,5)7-8-23;/h9-10,23H,6-8,11H2,1-5H3;1H/q+1;/p-1. The molecule has 0 aliphatic heterocycles. The van der Waals surface area contributed by atoms with Crippen molar-refractivity contribution in [3.63, 3.8) is 0 Å². The zero-order valence-corrected chi connectivity index (χ0v) is 20.5. The summed E-state index contributed by atoms with van der Waals surface area (Å²) in [6.45, 7) is 4.47. The fraction of sp³-hybridized carbons (Fsp3) is 0.474. The van der Waals surface area contributed by atoms with Crippen LogP contribution in [-0.2, 0) is 23.1 Å². The number of likely N-dealkylation sites (N-methyl/N-ethyl adjacent to an activating group) is 1. The highest BCUT2D eigenvalue weighted by Crippen LogP contribution is 2.36. The van der Waals surface area contributed by atoms with Crippen LogP contribution in [0.2, 0.25) is 0 Å². The number of hydrogen-bond donors (Lipinski definition) is 1. The Morgan fingerprint density at radius 3 is 2.46 bits per heavy atom. The minimum absolute atomic E-state index is 0. The number of carbonyl (C=O) groups excluding carboxylic acids is 2. The molecule has 0 bridgehead atoms. The van der Waals surface area contributed by atoms with E-state index in [4.69, 9.17) is 9.47 Å². The fourth-order valence-corrected chi connectivity index (χ4v) is 3.51. The van der Waals surface area contributed by atoms with Crippen molar-refractivity contribution >= 4 is 38.8 Å². The molecular weight excluding hydrogens is 543 g/mol. The van der Waals surface area contributed by atoms with Gasteiger partial charge < -0.3 is 47.6 Å². The van der Waals surface area contributed by atoms with E-state index in [0.29, 0.717) is 38.7 Å². The molecule has 1 N–H and O–H groups in total. The van der Waals surface area contributed by atoms with Crippen molar-refractivity contribution in [2.24, 2.45) is 7.05 Å². The van der Waals surface area contributed by atoms with Crippen LogP contribution in [0.5, 0.6) is 5.75 Å². The van der Waals surface area contributed by atoms with Crippen molar-refractivity contribution in [1.29, 1.82) is 0 Å². The van der Waals surface area contributed by atoms with Crippen molar-refractivity contribution in [3.05, 3.63) is 27.9 Å². The van der Waals surface area contributed by atoms with E-state index in [9.17, 15) is 14.7 Å². The van der Waals surface area contributed by atoms with E-state index < -0.39 is 11.9 Å². The van der Waals surface area contributed by atoms with Gasteiger partial charge >= 0.3 is 11.9 Å². The molecule has 0 spiro atoms. The van der Waals surface area contributed by atoms with E-state index in [-0.39, 0.29) is 37.2 Å².